The van der Waals surface area contributed by atoms with Gasteiger partial charge in [0.25, 0.3) is 5.91 Å². The van der Waals surface area contributed by atoms with Gasteiger partial charge in [0.1, 0.15) is 5.76 Å². The number of hydrazone groups is 1. The van der Waals surface area contributed by atoms with Crippen molar-refractivity contribution in [2.75, 3.05) is 32.7 Å². The second-order valence-corrected chi connectivity index (χ2v) is 6.74. The van der Waals surface area contributed by atoms with Gasteiger partial charge in [-0.25, -0.2) is 5.43 Å². The van der Waals surface area contributed by atoms with E-state index in [4.69, 9.17) is 16.0 Å². The Hall–Kier alpha value is -2.41. The van der Waals surface area contributed by atoms with Crippen LogP contribution in [-0.4, -0.2) is 54.6 Å². The summed E-state index contributed by atoms with van der Waals surface area (Å²) in [5.41, 5.74) is 3.69. The number of halogens is 1. The Balaban J connectivity index is 1.35. The van der Waals surface area contributed by atoms with Crippen LogP contribution >= 0.6 is 11.6 Å². The van der Waals surface area contributed by atoms with Gasteiger partial charge in [0, 0.05) is 44.0 Å². The zero-order valence-corrected chi connectivity index (χ0v) is 15.8. The highest BCUT2D eigenvalue weighted by atomic mass is 35.5. The van der Waals surface area contributed by atoms with Gasteiger partial charge in [0.05, 0.1) is 12.8 Å². The number of nitrogens with one attached hydrogen (secondary N) is 1. The van der Waals surface area contributed by atoms with Crippen LogP contribution in [0.25, 0.3) is 6.08 Å². The van der Waals surface area contributed by atoms with Crippen molar-refractivity contribution < 1.29 is 9.21 Å². The SMILES string of the molecule is O=C(CN1CCN(Cc2ccccc2Cl)CC1)N/N=C\C=C\c1ccco1. The average molecular weight is 387 g/mol. The average Bonchev–Trinajstić information content (AvgIpc) is 3.18. The van der Waals surface area contributed by atoms with Crippen molar-refractivity contribution in [3.8, 4) is 0 Å². The third-order valence-corrected chi connectivity index (χ3v) is 4.71. The summed E-state index contributed by atoms with van der Waals surface area (Å²) < 4.78 is 5.16. The molecule has 6 nitrogen and oxygen atoms in total. The molecule has 1 aliphatic heterocycles. The number of carbonyl (C=O) groups excluding carboxylic acids is 1. The highest BCUT2D eigenvalue weighted by Gasteiger charge is 2.19. The zero-order chi connectivity index (χ0) is 18.9. The van der Waals surface area contributed by atoms with Crippen LogP contribution < -0.4 is 5.43 Å². The van der Waals surface area contributed by atoms with E-state index in [0.29, 0.717) is 6.54 Å². The van der Waals surface area contributed by atoms with Crippen molar-refractivity contribution in [2.45, 2.75) is 6.54 Å². The summed E-state index contributed by atoms with van der Waals surface area (Å²) in [5, 5.41) is 4.72. The molecule has 142 valence electrons. The maximum absolute atomic E-state index is 12.0. The minimum absolute atomic E-state index is 0.114. The number of hydrogen-bond acceptors (Lipinski definition) is 5. The molecule has 0 bridgehead atoms. The van der Waals surface area contributed by atoms with E-state index >= 15 is 0 Å². The minimum Gasteiger partial charge on any atom is -0.465 e. The second-order valence-electron chi connectivity index (χ2n) is 6.33. The standard InChI is InChI=1S/C20H23ClN4O2/c21-19-8-2-1-5-17(19)15-24-10-12-25(13-11-24)16-20(26)23-22-9-3-6-18-7-4-14-27-18/h1-9,14H,10-13,15-16H2,(H,23,26)/b6-3+,22-9-. The molecule has 7 heteroatoms. The van der Waals surface area contributed by atoms with Crippen molar-refractivity contribution in [1.29, 1.82) is 0 Å². The Morgan fingerprint density at radius 3 is 2.67 bits per heavy atom. The van der Waals surface area contributed by atoms with Crippen molar-refractivity contribution in [3.05, 3.63) is 65.1 Å². The summed E-state index contributed by atoms with van der Waals surface area (Å²) >= 11 is 6.23. The van der Waals surface area contributed by atoms with Crippen LogP contribution in [0, 0.1) is 0 Å². The topological polar surface area (TPSA) is 61.1 Å². The summed E-state index contributed by atoms with van der Waals surface area (Å²) in [6, 6.07) is 11.6. The van der Waals surface area contributed by atoms with E-state index in [1.165, 1.54) is 6.21 Å². The molecule has 0 saturated carbocycles. The summed E-state index contributed by atoms with van der Waals surface area (Å²) in [6.07, 6.45) is 6.62. The molecule has 1 aliphatic rings. The first-order valence-corrected chi connectivity index (χ1v) is 9.29. The lowest BCUT2D eigenvalue weighted by molar-refractivity contribution is -0.122. The van der Waals surface area contributed by atoms with E-state index in [1.54, 1.807) is 18.4 Å². The summed E-state index contributed by atoms with van der Waals surface area (Å²) in [7, 11) is 0. The summed E-state index contributed by atoms with van der Waals surface area (Å²) in [4.78, 5) is 16.5. The van der Waals surface area contributed by atoms with Gasteiger partial charge in [-0.15, -0.1) is 0 Å². The molecule has 0 aliphatic carbocycles. The number of nitrogens with zero attached hydrogens (tertiary/aromatic N) is 3. The van der Waals surface area contributed by atoms with Crippen LogP contribution in [0.1, 0.15) is 11.3 Å². The number of piperazine rings is 1. The van der Waals surface area contributed by atoms with Gasteiger partial charge >= 0.3 is 0 Å². The van der Waals surface area contributed by atoms with Gasteiger partial charge in [-0.3, -0.25) is 14.6 Å². The van der Waals surface area contributed by atoms with Gasteiger partial charge in [-0.2, -0.15) is 5.10 Å². The van der Waals surface area contributed by atoms with E-state index < -0.39 is 0 Å². The van der Waals surface area contributed by atoms with E-state index in [-0.39, 0.29) is 5.91 Å². The normalized spacial score (nSPS) is 16.3. The third-order valence-electron chi connectivity index (χ3n) is 4.34. The quantitative estimate of drug-likeness (QED) is 0.587. The van der Waals surface area contributed by atoms with Crippen LogP contribution in [0.2, 0.25) is 5.02 Å². The summed E-state index contributed by atoms with van der Waals surface area (Å²) in [6.45, 7) is 4.70. The molecule has 0 spiro atoms. The molecule has 0 unspecified atom stereocenters. The number of carbonyl (C=O) groups is 1. The highest BCUT2D eigenvalue weighted by Crippen LogP contribution is 2.17. The second kappa shape index (κ2) is 10.1. The minimum atomic E-state index is -0.114. The molecule has 2 aromatic rings. The number of rotatable bonds is 7. The number of benzene rings is 1. The van der Waals surface area contributed by atoms with Crippen molar-refractivity contribution >= 4 is 29.8 Å². The van der Waals surface area contributed by atoms with Crippen LogP contribution in [0.4, 0.5) is 0 Å². The molecule has 3 rings (SSSR count). The van der Waals surface area contributed by atoms with E-state index in [9.17, 15) is 4.79 Å². The third kappa shape index (κ3) is 6.36. The van der Waals surface area contributed by atoms with Crippen LogP contribution in [0.15, 0.2) is 58.3 Å². The lowest BCUT2D eigenvalue weighted by Crippen LogP contribution is -2.48. The molecule has 0 radical (unpaired) electrons. The van der Waals surface area contributed by atoms with Gasteiger partial charge in [0.15, 0.2) is 0 Å². The molecule has 1 saturated heterocycles. The van der Waals surface area contributed by atoms with Crippen LogP contribution in [0.3, 0.4) is 0 Å². The van der Waals surface area contributed by atoms with E-state index in [1.807, 2.05) is 30.3 Å². The molecule has 1 aromatic carbocycles. The van der Waals surface area contributed by atoms with E-state index in [2.05, 4.69) is 26.4 Å². The number of furan rings is 1. The fourth-order valence-corrected chi connectivity index (χ4v) is 3.08. The lowest BCUT2D eigenvalue weighted by Gasteiger charge is -2.34. The Morgan fingerprint density at radius 2 is 1.93 bits per heavy atom. The summed E-state index contributed by atoms with van der Waals surface area (Å²) in [5.74, 6) is 0.625. The van der Waals surface area contributed by atoms with Crippen molar-refractivity contribution in [1.82, 2.24) is 15.2 Å². The number of amides is 1. The number of hydrogen-bond donors (Lipinski definition) is 1. The molecule has 0 atom stereocenters. The Labute approximate surface area is 164 Å². The largest absolute Gasteiger partial charge is 0.465 e. The van der Waals surface area contributed by atoms with Gasteiger partial charge in [-0.1, -0.05) is 29.8 Å². The maximum atomic E-state index is 12.0. The van der Waals surface area contributed by atoms with Crippen LogP contribution in [0.5, 0.6) is 0 Å². The van der Waals surface area contributed by atoms with Crippen LogP contribution in [-0.2, 0) is 11.3 Å². The molecular formula is C20H23ClN4O2. The molecule has 1 amide bonds. The van der Waals surface area contributed by atoms with Gasteiger partial charge < -0.3 is 4.42 Å². The first-order chi connectivity index (χ1) is 13.2. The van der Waals surface area contributed by atoms with Crippen molar-refractivity contribution in [3.63, 3.8) is 0 Å². The predicted octanol–water partition coefficient (Wildman–Crippen LogP) is 2.87. The first-order valence-electron chi connectivity index (χ1n) is 8.91. The maximum Gasteiger partial charge on any atom is 0.254 e. The van der Waals surface area contributed by atoms with E-state index in [0.717, 1.165) is 49.1 Å². The molecule has 1 N–H and O–H groups in total. The Morgan fingerprint density at radius 1 is 1.15 bits per heavy atom. The Bertz CT molecular complexity index is 781. The molecule has 1 aromatic heterocycles. The molecule has 2 heterocycles. The monoisotopic (exact) mass is 386 g/mol. The molecular weight excluding hydrogens is 364 g/mol. The lowest BCUT2D eigenvalue weighted by atomic mass is 10.2. The predicted molar refractivity (Wildman–Crippen MR) is 108 cm³/mol. The van der Waals surface area contributed by atoms with Gasteiger partial charge in [-0.05, 0) is 35.9 Å². The first kappa shape index (κ1) is 19.4. The zero-order valence-electron chi connectivity index (χ0n) is 15.1. The smallest absolute Gasteiger partial charge is 0.254 e. The number of allylic oxidation sites excluding steroid dienone is 1. The van der Waals surface area contributed by atoms with Gasteiger partial charge in [0.2, 0.25) is 0 Å². The molecule has 1 fully saturated rings. The fourth-order valence-electron chi connectivity index (χ4n) is 2.89. The molecule has 27 heavy (non-hydrogen) atoms. The highest BCUT2D eigenvalue weighted by molar-refractivity contribution is 6.31. The van der Waals surface area contributed by atoms with Crippen molar-refractivity contribution in [2.24, 2.45) is 5.10 Å². The Kier molecular flexibility index (Phi) is 7.21. The fraction of sp³-hybridized carbons (Fsp3) is 0.300.